The lowest BCUT2D eigenvalue weighted by atomic mass is 9.81. The first-order valence-electron chi connectivity index (χ1n) is 9.41. The molecule has 1 aliphatic heterocycles. The minimum atomic E-state index is -3.47. The third-order valence-electron chi connectivity index (χ3n) is 5.95. The minimum absolute atomic E-state index is 0.0419. The average Bonchev–Trinajstić information content (AvgIpc) is 2.95. The molecule has 5 nitrogen and oxygen atoms in total. The molecule has 7 heteroatoms. The maximum atomic E-state index is 14.7. The first-order valence-corrected chi connectivity index (χ1v) is 11.3. The van der Waals surface area contributed by atoms with Gasteiger partial charge in [-0.05, 0) is 49.1 Å². The lowest BCUT2D eigenvalue weighted by Crippen LogP contribution is -2.37. The Morgan fingerprint density at radius 2 is 1.97 bits per heavy atom. The van der Waals surface area contributed by atoms with Crippen LogP contribution in [0.2, 0.25) is 0 Å². The molecule has 1 aromatic heterocycles. The molecule has 4 rings (SSSR count). The topological polar surface area (TPSA) is 76.4 Å². The highest BCUT2D eigenvalue weighted by Crippen LogP contribution is 2.39. The van der Waals surface area contributed by atoms with Crippen LogP contribution in [-0.2, 0) is 34.0 Å². The maximum Gasteiger partial charge on any atom is 0.311 e. The molecule has 3 aromatic rings. The van der Waals surface area contributed by atoms with Gasteiger partial charge in [-0.15, -0.1) is 0 Å². The number of carbonyl (C=O) groups is 1. The van der Waals surface area contributed by atoms with Crippen molar-refractivity contribution in [2.24, 2.45) is 5.41 Å². The van der Waals surface area contributed by atoms with Crippen molar-refractivity contribution in [1.29, 1.82) is 0 Å². The van der Waals surface area contributed by atoms with E-state index in [1.165, 1.54) is 12.1 Å². The average molecular weight is 415 g/mol. The molecule has 0 saturated heterocycles. The Balaban J connectivity index is 1.82. The molecule has 0 radical (unpaired) electrons. The number of aromatic nitrogens is 1. The first-order chi connectivity index (χ1) is 13.6. The van der Waals surface area contributed by atoms with Gasteiger partial charge in [0.2, 0.25) is 0 Å². The fourth-order valence-electron chi connectivity index (χ4n) is 4.18. The van der Waals surface area contributed by atoms with Crippen molar-refractivity contribution in [1.82, 2.24) is 4.57 Å². The number of hydrogen-bond acceptors (Lipinski definition) is 3. The van der Waals surface area contributed by atoms with E-state index < -0.39 is 27.0 Å². The molecule has 1 atom stereocenters. The number of carboxylic acids is 1. The number of sulfone groups is 1. The van der Waals surface area contributed by atoms with Crippen LogP contribution in [0, 0.1) is 11.2 Å². The minimum Gasteiger partial charge on any atom is -0.481 e. The van der Waals surface area contributed by atoms with Gasteiger partial charge >= 0.3 is 5.97 Å². The lowest BCUT2D eigenvalue weighted by Gasteiger charge is -2.32. The van der Waals surface area contributed by atoms with E-state index in [0.717, 1.165) is 34.5 Å². The van der Waals surface area contributed by atoms with E-state index >= 15 is 0 Å². The molecule has 0 saturated carbocycles. The van der Waals surface area contributed by atoms with Gasteiger partial charge in [0, 0.05) is 35.8 Å². The van der Waals surface area contributed by atoms with Gasteiger partial charge < -0.3 is 9.67 Å². The van der Waals surface area contributed by atoms with Crippen LogP contribution in [0.15, 0.2) is 47.4 Å². The highest BCUT2D eigenvalue weighted by atomic mass is 32.2. The van der Waals surface area contributed by atoms with Gasteiger partial charge in [0.1, 0.15) is 5.82 Å². The van der Waals surface area contributed by atoms with E-state index in [0.29, 0.717) is 31.4 Å². The van der Waals surface area contributed by atoms with Crippen molar-refractivity contribution < 1.29 is 22.7 Å². The second-order valence-corrected chi connectivity index (χ2v) is 10.1. The summed E-state index contributed by atoms with van der Waals surface area (Å²) in [4.78, 5) is 11.7. The van der Waals surface area contributed by atoms with Gasteiger partial charge in [-0.2, -0.15) is 0 Å². The highest BCUT2D eigenvalue weighted by molar-refractivity contribution is 7.90. The second kappa shape index (κ2) is 6.69. The van der Waals surface area contributed by atoms with E-state index in [1.54, 1.807) is 6.92 Å². The standard InChI is InChI=1S/C22H22FNO4S/c1-22(21(25)26)10-9-20-17(16-5-3-4-6-19(16)24(20)13-22)11-14-7-8-15(12-18(14)23)29(2,27)28/h3-8,12H,9-11,13H2,1-2H3,(H,25,26). The predicted molar refractivity (Wildman–Crippen MR) is 108 cm³/mol. The maximum absolute atomic E-state index is 14.7. The third kappa shape index (κ3) is 3.33. The highest BCUT2D eigenvalue weighted by Gasteiger charge is 2.38. The van der Waals surface area contributed by atoms with Crippen molar-refractivity contribution in [3.05, 3.63) is 65.1 Å². The Kier molecular flexibility index (Phi) is 4.53. The number of nitrogens with zero attached hydrogens (tertiary/aromatic N) is 1. The molecule has 0 bridgehead atoms. The summed E-state index contributed by atoms with van der Waals surface area (Å²) in [5.41, 5.74) is 2.52. The second-order valence-electron chi connectivity index (χ2n) is 8.10. The fourth-order valence-corrected chi connectivity index (χ4v) is 4.81. The molecule has 0 amide bonds. The molecule has 0 aliphatic carbocycles. The van der Waals surface area contributed by atoms with Crippen LogP contribution >= 0.6 is 0 Å². The van der Waals surface area contributed by atoms with E-state index in [-0.39, 0.29) is 4.90 Å². The zero-order chi connectivity index (χ0) is 21.0. The molecule has 1 aliphatic rings. The molecule has 0 fully saturated rings. The quantitative estimate of drug-likeness (QED) is 0.703. The number of aliphatic carboxylic acids is 1. The summed E-state index contributed by atoms with van der Waals surface area (Å²) in [6, 6.07) is 11.8. The molecular weight excluding hydrogens is 393 g/mol. The Labute approximate surface area is 168 Å². The van der Waals surface area contributed by atoms with Crippen LogP contribution in [0.3, 0.4) is 0 Å². The monoisotopic (exact) mass is 415 g/mol. The Morgan fingerprint density at radius 1 is 1.24 bits per heavy atom. The van der Waals surface area contributed by atoms with Crippen molar-refractivity contribution in [3.63, 3.8) is 0 Å². The van der Waals surface area contributed by atoms with E-state index in [9.17, 15) is 22.7 Å². The zero-order valence-corrected chi connectivity index (χ0v) is 17.1. The van der Waals surface area contributed by atoms with Gasteiger partial charge in [0.05, 0.1) is 10.3 Å². The summed E-state index contributed by atoms with van der Waals surface area (Å²) in [7, 11) is -3.47. The molecule has 152 valence electrons. The Morgan fingerprint density at radius 3 is 2.62 bits per heavy atom. The number of hydrogen-bond donors (Lipinski definition) is 1. The Bertz CT molecular complexity index is 1250. The summed E-state index contributed by atoms with van der Waals surface area (Å²) in [5.74, 6) is -1.37. The van der Waals surface area contributed by atoms with Crippen LogP contribution in [0.25, 0.3) is 10.9 Å². The van der Waals surface area contributed by atoms with Gasteiger partial charge in [-0.1, -0.05) is 24.3 Å². The molecule has 1 unspecified atom stereocenters. The van der Waals surface area contributed by atoms with Gasteiger partial charge in [-0.3, -0.25) is 4.79 Å². The van der Waals surface area contributed by atoms with E-state index in [1.807, 2.05) is 28.8 Å². The van der Waals surface area contributed by atoms with Crippen molar-refractivity contribution in [3.8, 4) is 0 Å². The Hall–Kier alpha value is -2.67. The largest absolute Gasteiger partial charge is 0.481 e. The molecule has 29 heavy (non-hydrogen) atoms. The summed E-state index contributed by atoms with van der Waals surface area (Å²) >= 11 is 0. The SMILES string of the molecule is CC1(C(=O)O)CCc2c(Cc3ccc(S(C)(=O)=O)cc3F)c3ccccc3n2C1. The van der Waals surface area contributed by atoms with Gasteiger partial charge in [0.15, 0.2) is 9.84 Å². The van der Waals surface area contributed by atoms with Crippen LogP contribution in [0.1, 0.15) is 30.2 Å². The molecule has 2 heterocycles. The summed E-state index contributed by atoms with van der Waals surface area (Å²) < 4.78 is 40.1. The number of rotatable bonds is 4. The van der Waals surface area contributed by atoms with Crippen molar-refractivity contribution >= 4 is 26.7 Å². The van der Waals surface area contributed by atoms with Crippen LogP contribution in [0.4, 0.5) is 4.39 Å². The number of para-hydroxylation sites is 1. The van der Waals surface area contributed by atoms with Crippen molar-refractivity contribution in [2.75, 3.05) is 6.26 Å². The number of halogens is 1. The normalized spacial score (nSPS) is 19.3. The van der Waals surface area contributed by atoms with Crippen LogP contribution in [-0.4, -0.2) is 30.3 Å². The first kappa shape index (κ1) is 19.6. The van der Waals surface area contributed by atoms with E-state index in [4.69, 9.17) is 0 Å². The van der Waals surface area contributed by atoms with E-state index in [2.05, 4.69) is 0 Å². The number of carboxylic acid groups (broad SMARTS) is 1. The fraction of sp³-hybridized carbons (Fsp3) is 0.318. The molecule has 0 spiro atoms. The van der Waals surface area contributed by atoms with Crippen LogP contribution < -0.4 is 0 Å². The third-order valence-corrected chi connectivity index (χ3v) is 7.06. The van der Waals surface area contributed by atoms with Crippen LogP contribution in [0.5, 0.6) is 0 Å². The smallest absolute Gasteiger partial charge is 0.311 e. The summed E-state index contributed by atoms with van der Waals surface area (Å²) in [6.45, 7) is 2.13. The molecule has 1 N–H and O–H groups in total. The number of fused-ring (bicyclic) bond motifs is 3. The number of benzene rings is 2. The summed E-state index contributed by atoms with van der Waals surface area (Å²) in [6.07, 6.45) is 2.48. The zero-order valence-electron chi connectivity index (χ0n) is 16.3. The van der Waals surface area contributed by atoms with Gasteiger partial charge in [0.25, 0.3) is 0 Å². The molecule has 2 aromatic carbocycles. The lowest BCUT2D eigenvalue weighted by molar-refractivity contribution is -0.149. The summed E-state index contributed by atoms with van der Waals surface area (Å²) in [5, 5.41) is 10.6. The predicted octanol–water partition coefficient (Wildman–Crippen LogP) is 3.81. The molecular formula is C22H22FNO4S. The van der Waals surface area contributed by atoms with Gasteiger partial charge in [-0.25, -0.2) is 12.8 Å². The van der Waals surface area contributed by atoms with Crippen molar-refractivity contribution in [2.45, 2.75) is 37.6 Å².